The molecule has 0 spiro atoms. The number of carbonyl (C=O) groups is 3. The molecule has 0 radical (unpaired) electrons. The van der Waals surface area contributed by atoms with Gasteiger partial charge in [0.25, 0.3) is 0 Å². The minimum atomic E-state index is -1.46. The van der Waals surface area contributed by atoms with Gasteiger partial charge in [-0.15, -0.1) is 0 Å². The zero-order valence-corrected chi connectivity index (χ0v) is 32.3. The number of phenolic OH excluding ortho intramolecular Hbond substituents is 2. The number of unbranched alkanes of at least 4 members (excludes halogenated alkanes) is 4. The van der Waals surface area contributed by atoms with E-state index in [0.29, 0.717) is 37.9 Å². The van der Waals surface area contributed by atoms with Crippen LogP contribution in [0.4, 0.5) is 0 Å². The third-order valence-electron chi connectivity index (χ3n) is 10.4. The van der Waals surface area contributed by atoms with Crippen LogP contribution in [0.3, 0.4) is 0 Å². The Labute approximate surface area is 329 Å². The number of nitrogens with two attached hydrogens (primary N) is 4. The molecule has 4 aromatic carbocycles. The van der Waals surface area contributed by atoms with E-state index in [4.69, 9.17) is 28.3 Å². The van der Waals surface area contributed by atoms with Crippen LogP contribution in [0.1, 0.15) is 81.0 Å². The van der Waals surface area contributed by atoms with Crippen molar-refractivity contribution in [2.75, 3.05) is 13.1 Å². The highest BCUT2D eigenvalue weighted by Crippen LogP contribution is 2.38. The molecule has 0 heterocycles. The molecule has 4 rings (SSSR count). The molecule has 0 unspecified atom stereocenters. The molecule has 0 aromatic heterocycles. The van der Waals surface area contributed by atoms with Gasteiger partial charge in [0.1, 0.15) is 23.1 Å². The summed E-state index contributed by atoms with van der Waals surface area (Å²) >= 11 is 0. The van der Waals surface area contributed by atoms with E-state index in [2.05, 4.69) is 10.6 Å². The molecule has 0 saturated carbocycles. The number of nitrogens with zero attached hydrogens (tertiary/aromatic N) is 1. The van der Waals surface area contributed by atoms with Gasteiger partial charge < -0.3 is 48.7 Å². The Balaban J connectivity index is 1.79. The monoisotopic (exact) mass is 766 g/mol. The van der Waals surface area contributed by atoms with E-state index in [0.717, 1.165) is 41.2 Å². The molecule has 13 N–H and O–H groups in total. The number of phenols is 2. The van der Waals surface area contributed by atoms with Gasteiger partial charge in [0.05, 0.1) is 12.1 Å². The lowest BCUT2D eigenvalue weighted by molar-refractivity contribution is -0.154. The smallest absolute Gasteiger partial charge is 0.246 e. The second-order valence-electron chi connectivity index (χ2n) is 14.5. The average molecular weight is 767 g/mol. The van der Waals surface area contributed by atoms with Crippen molar-refractivity contribution in [3.8, 4) is 11.5 Å². The van der Waals surface area contributed by atoms with Crippen molar-refractivity contribution in [2.45, 2.75) is 94.8 Å². The van der Waals surface area contributed by atoms with E-state index in [1.165, 1.54) is 24.3 Å². The molecule has 3 amide bonds. The summed E-state index contributed by atoms with van der Waals surface area (Å²) in [5.74, 6) is -1.67. The lowest BCUT2D eigenvalue weighted by atomic mass is 9.81. The Kier molecular flexibility index (Phi) is 16.0. The van der Waals surface area contributed by atoms with Crippen LogP contribution in [0.2, 0.25) is 0 Å². The number of hydrogen-bond acceptors (Lipinski definition) is 8. The zero-order chi connectivity index (χ0) is 40.7. The summed E-state index contributed by atoms with van der Waals surface area (Å²) in [4.78, 5) is 45.1. The predicted octanol–water partition coefficient (Wildman–Crippen LogP) is 4.22. The van der Waals surface area contributed by atoms with Gasteiger partial charge in [0, 0.05) is 13.0 Å². The van der Waals surface area contributed by atoms with Crippen molar-refractivity contribution >= 4 is 34.5 Å². The standard InChI is InChI=1S/C43H58N8O5/c1-29(33-17-16-32-10-4-5-11-34(32)28-33)51(43(41(46)56,23-7-8-24-44)22-6-2-3-9-25-49-42(47)48)40(55)38(27-31-14-20-36(53)21-15-31)50-39(54)37(45)26-30-12-18-35(52)19-13-30/h4-5,10-21,28-29,37-38,52-53H,2-3,6-9,22-27,44-45H2,1H3,(H2,46,56)(H,50,54)(H4,47,48,49)/t29-,37+,38+,43+/m1/s1. The predicted molar refractivity (Wildman–Crippen MR) is 221 cm³/mol. The molecule has 0 bridgehead atoms. The number of hydrogen-bond donors (Lipinski definition) is 9. The third kappa shape index (κ3) is 11.9. The SMILES string of the molecule is C[C@H](c1ccc2ccccc2c1)N(C(=O)[C@H](Cc1ccc(O)cc1)NC(=O)[C@@H](N)Cc1ccc(O)cc1)[C@](CCCCN)(CCCCCCNC(=N)N)C(N)=O. The molecule has 0 fully saturated rings. The fraction of sp³-hybridized carbons (Fsp3) is 0.395. The van der Waals surface area contributed by atoms with E-state index in [-0.39, 0.29) is 43.1 Å². The maximum Gasteiger partial charge on any atom is 0.246 e. The van der Waals surface area contributed by atoms with Gasteiger partial charge in [-0.05, 0) is 110 Å². The summed E-state index contributed by atoms with van der Waals surface area (Å²) < 4.78 is 0. The highest BCUT2D eigenvalue weighted by molar-refractivity contribution is 5.95. The van der Waals surface area contributed by atoms with Crippen LogP contribution >= 0.6 is 0 Å². The maximum atomic E-state index is 15.5. The summed E-state index contributed by atoms with van der Waals surface area (Å²) in [6.45, 7) is 2.82. The van der Waals surface area contributed by atoms with Crippen LogP contribution in [0.5, 0.6) is 11.5 Å². The number of fused-ring (bicyclic) bond motifs is 1. The van der Waals surface area contributed by atoms with E-state index >= 15 is 4.79 Å². The first-order valence-corrected chi connectivity index (χ1v) is 19.4. The number of amides is 3. The molecule has 56 heavy (non-hydrogen) atoms. The van der Waals surface area contributed by atoms with Crippen LogP contribution in [0, 0.1) is 5.41 Å². The highest BCUT2D eigenvalue weighted by Gasteiger charge is 2.48. The van der Waals surface area contributed by atoms with E-state index < -0.39 is 41.4 Å². The van der Waals surface area contributed by atoms with Crippen LogP contribution in [-0.2, 0) is 27.2 Å². The van der Waals surface area contributed by atoms with E-state index in [9.17, 15) is 19.8 Å². The Morgan fingerprint density at radius 2 is 1.34 bits per heavy atom. The van der Waals surface area contributed by atoms with Gasteiger partial charge in [-0.25, -0.2) is 0 Å². The number of primary amides is 1. The Morgan fingerprint density at radius 1 is 0.768 bits per heavy atom. The molecule has 0 aliphatic carbocycles. The molecule has 0 aliphatic rings. The fourth-order valence-electron chi connectivity index (χ4n) is 7.29. The topological polar surface area (TPSA) is 247 Å². The second-order valence-corrected chi connectivity index (χ2v) is 14.5. The minimum Gasteiger partial charge on any atom is -0.508 e. The first-order valence-electron chi connectivity index (χ1n) is 19.4. The van der Waals surface area contributed by atoms with Gasteiger partial charge in [-0.3, -0.25) is 19.8 Å². The van der Waals surface area contributed by atoms with Gasteiger partial charge >= 0.3 is 0 Å². The number of rotatable bonds is 22. The second kappa shape index (κ2) is 20.9. The van der Waals surface area contributed by atoms with E-state index in [1.807, 2.05) is 49.4 Å². The van der Waals surface area contributed by atoms with Crippen molar-refractivity contribution in [2.24, 2.45) is 22.9 Å². The number of guanidine groups is 1. The largest absolute Gasteiger partial charge is 0.508 e. The number of aromatic hydroxyl groups is 2. The molecule has 4 atom stereocenters. The molecule has 13 nitrogen and oxygen atoms in total. The first kappa shape index (κ1) is 43.1. The summed E-state index contributed by atoms with van der Waals surface area (Å²) in [6, 6.07) is 23.7. The molecule has 13 heteroatoms. The molecular formula is C43H58N8O5. The maximum absolute atomic E-state index is 15.5. The number of benzene rings is 4. The van der Waals surface area contributed by atoms with Crippen molar-refractivity contribution < 1.29 is 24.6 Å². The molecule has 0 aliphatic heterocycles. The summed E-state index contributed by atoms with van der Waals surface area (Å²) in [7, 11) is 0. The van der Waals surface area contributed by atoms with Gasteiger partial charge in [-0.2, -0.15) is 0 Å². The molecule has 300 valence electrons. The summed E-state index contributed by atoms with van der Waals surface area (Å²) in [6.07, 6.45) is 4.73. The lowest BCUT2D eigenvalue weighted by Crippen LogP contribution is -2.64. The minimum absolute atomic E-state index is 0.0402. The summed E-state index contributed by atoms with van der Waals surface area (Å²) in [5.41, 5.74) is 25.0. The van der Waals surface area contributed by atoms with Crippen molar-refractivity contribution in [1.29, 1.82) is 5.41 Å². The Hall–Kier alpha value is -5.66. The molecule has 0 saturated heterocycles. The van der Waals surface area contributed by atoms with Gasteiger partial charge in [0.2, 0.25) is 17.7 Å². The Morgan fingerprint density at radius 3 is 1.93 bits per heavy atom. The lowest BCUT2D eigenvalue weighted by Gasteiger charge is -2.47. The van der Waals surface area contributed by atoms with Crippen LogP contribution in [-0.4, -0.2) is 69.5 Å². The van der Waals surface area contributed by atoms with Gasteiger partial charge in [0.15, 0.2) is 5.96 Å². The quantitative estimate of drug-likeness (QED) is 0.0315. The van der Waals surface area contributed by atoms with Crippen LogP contribution in [0.25, 0.3) is 10.8 Å². The van der Waals surface area contributed by atoms with Crippen molar-refractivity contribution in [3.05, 3.63) is 108 Å². The van der Waals surface area contributed by atoms with E-state index in [1.54, 1.807) is 29.2 Å². The van der Waals surface area contributed by atoms with Crippen LogP contribution in [0.15, 0.2) is 91.0 Å². The molecular weight excluding hydrogens is 709 g/mol. The highest BCUT2D eigenvalue weighted by atomic mass is 16.3. The average Bonchev–Trinajstić information content (AvgIpc) is 3.18. The van der Waals surface area contributed by atoms with Crippen LogP contribution < -0.4 is 33.6 Å². The zero-order valence-electron chi connectivity index (χ0n) is 32.3. The van der Waals surface area contributed by atoms with Crippen molar-refractivity contribution in [1.82, 2.24) is 15.5 Å². The normalized spacial score (nSPS) is 13.9. The Bertz CT molecular complexity index is 1900. The van der Waals surface area contributed by atoms with Gasteiger partial charge in [-0.1, -0.05) is 79.9 Å². The molecule has 4 aromatic rings. The number of nitrogens with one attached hydrogen (secondary N) is 3. The summed E-state index contributed by atoms with van der Waals surface area (Å²) in [5, 5.41) is 34.9. The first-order chi connectivity index (χ1) is 26.8. The van der Waals surface area contributed by atoms with Crippen molar-refractivity contribution in [3.63, 3.8) is 0 Å². The third-order valence-corrected chi connectivity index (χ3v) is 10.4. The fourth-order valence-corrected chi connectivity index (χ4v) is 7.29. The number of carbonyl (C=O) groups excluding carboxylic acids is 3.